The number of phenols is 4. The van der Waals surface area contributed by atoms with Crippen molar-refractivity contribution in [3.8, 4) is 23.0 Å². The molecule has 0 saturated carbocycles. The maximum atomic E-state index is 12.9. The van der Waals surface area contributed by atoms with Gasteiger partial charge in [0.25, 0.3) is 0 Å². The van der Waals surface area contributed by atoms with E-state index < -0.39 is 60.8 Å². The average Bonchev–Trinajstić information content (AvgIpc) is 2.72. The molecule has 0 aromatic heterocycles. The van der Waals surface area contributed by atoms with Crippen molar-refractivity contribution in [1.82, 2.24) is 0 Å². The van der Waals surface area contributed by atoms with E-state index in [1.54, 1.807) is 0 Å². The molecular weight excluding hydrogens is 480 g/mol. The number of carbonyl (C=O) groups is 4. The standard InChI is InChI=1S/C24H26O12/c1-11-5-15(27)7-17(29)21(11)23(31)35-19(9-33-13(3)25)20(10-34-14(4)26)36-24(32)22-12(2)6-16(28)8-18(22)30/h5-8,19-20,27-30H,9-10H2,1-4H3. The Hall–Kier alpha value is -4.48. The third-order valence-electron chi connectivity index (χ3n) is 4.84. The van der Waals surface area contributed by atoms with Gasteiger partial charge in [0.2, 0.25) is 0 Å². The van der Waals surface area contributed by atoms with E-state index in [4.69, 9.17) is 18.9 Å². The van der Waals surface area contributed by atoms with E-state index in [2.05, 4.69) is 0 Å². The Morgan fingerprint density at radius 2 is 1.00 bits per heavy atom. The van der Waals surface area contributed by atoms with Gasteiger partial charge in [-0.2, -0.15) is 0 Å². The molecule has 36 heavy (non-hydrogen) atoms. The quantitative estimate of drug-likeness (QED) is 0.287. The van der Waals surface area contributed by atoms with E-state index in [0.717, 1.165) is 26.0 Å². The van der Waals surface area contributed by atoms with Crippen LogP contribution < -0.4 is 0 Å². The van der Waals surface area contributed by atoms with Crippen LogP contribution in [0.2, 0.25) is 0 Å². The van der Waals surface area contributed by atoms with Crippen molar-refractivity contribution in [2.45, 2.75) is 39.9 Å². The van der Waals surface area contributed by atoms with E-state index >= 15 is 0 Å². The van der Waals surface area contributed by atoms with Crippen molar-refractivity contribution in [3.05, 3.63) is 46.5 Å². The summed E-state index contributed by atoms with van der Waals surface area (Å²) in [6, 6.07) is 4.23. The fourth-order valence-corrected chi connectivity index (χ4v) is 3.26. The average molecular weight is 506 g/mol. The molecule has 0 spiro atoms. The smallest absolute Gasteiger partial charge is 0.342 e. The molecule has 0 aliphatic carbocycles. The number of hydrogen-bond donors (Lipinski definition) is 4. The molecule has 2 aromatic rings. The Labute approximate surface area is 205 Å². The summed E-state index contributed by atoms with van der Waals surface area (Å²) in [5, 5.41) is 39.4. The fourth-order valence-electron chi connectivity index (χ4n) is 3.26. The summed E-state index contributed by atoms with van der Waals surface area (Å²) in [5.74, 6) is -5.55. The zero-order valence-electron chi connectivity index (χ0n) is 19.9. The van der Waals surface area contributed by atoms with Crippen molar-refractivity contribution in [2.75, 3.05) is 13.2 Å². The van der Waals surface area contributed by atoms with E-state index in [-0.39, 0.29) is 33.8 Å². The number of esters is 4. The SMILES string of the molecule is CC(=O)OCC(OC(=O)c1c(C)cc(O)cc1O)C(COC(C)=O)OC(=O)c1c(C)cc(O)cc1O. The number of aryl methyl sites for hydroxylation is 2. The summed E-state index contributed by atoms with van der Waals surface area (Å²) in [6.45, 7) is 3.75. The summed E-state index contributed by atoms with van der Waals surface area (Å²) < 4.78 is 20.6. The Morgan fingerprint density at radius 1 is 0.667 bits per heavy atom. The lowest BCUT2D eigenvalue weighted by Crippen LogP contribution is -2.42. The van der Waals surface area contributed by atoms with Gasteiger partial charge in [-0.3, -0.25) is 9.59 Å². The highest BCUT2D eigenvalue weighted by Crippen LogP contribution is 2.30. The van der Waals surface area contributed by atoms with Crippen molar-refractivity contribution in [2.24, 2.45) is 0 Å². The largest absolute Gasteiger partial charge is 0.508 e. The van der Waals surface area contributed by atoms with Gasteiger partial charge in [0.1, 0.15) is 47.3 Å². The number of carbonyl (C=O) groups excluding carboxylic acids is 4. The fraction of sp³-hybridized carbons (Fsp3) is 0.333. The lowest BCUT2D eigenvalue weighted by Gasteiger charge is -2.27. The second-order valence-electron chi connectivity index (χ2n) is 7.81. The molecule has 0 aliphatic rings. The first-order valence-electron chi connectivity index (χ1n) is 10.5. The number of phenolic OH excluding ortho intramolecular Hbond substituents is 4. The Balaban J connectivity index is 2.42. The van der Waals surface area contributed by atoms with Gasteiger partial charge in [0.15, 0.2) is 12.2 Å². The van der Waals surface area contributed by atoms with Crippen molar-refractivity contribution in [3.63, 3.8) is 0 Å². The maximum Gasteiger partial charge on any atom is 0.342 e. The van der Waals surface area contributed by atoms with E-state index in [9.17, 15) is 39.6 Å². The number of ether oxygens (including phenoxy) is 4. The Bertz CT molecular complexity index is 1030. The molecule has 2 unspecified atom stereocenters. The third kappa shape index (κ3) is 7.26. The summed E-state index contributed by atoms with van der Waals surface area (Å²) in [5.41, 5.74) is -0.320. The van der Waals surface area contributed by atoms with Crippen LogP contribution in [0.3, 0.4) is 0 Å². The van der Waals surface area contributed by atoms with Crippen LogP contribution in [0.4, 0.5) is 0 Å². The first-order chi connectivity index (χ1) is 16.8. The maximum absolute atomic E-state index is 12.9. The number of benzene rings is 2. The molecule has 194 valence electrons. The molecule has 0 bridgehead atoms. The van der Waals surface area contributed by atoms with Crippen molar-refractivity contribution >= 4 is 23.9 Å². The highest BCUT2D eigenvalue weighted by atomic mass is 16.6. The molecule has 12 heteroatoms. The first kappa shape index (κ1) is 27.8. The molecular formula is C24H26O12. The third-order valence-corrected chi connectivity index (χ3v) is 4.84. The number of rotatable bonds is 9. The van der Waals surface area contributed by atoms with Gasteiger partial charge in [-0.05, 0) is 37.1 Å². The molecule has 0 aliphatic heterocycles. The van der Waals surface area contributed by atoms with Crippen LogP contribution in [0, 0.1) is 13.8 Å². The minimum atomic E-state index is -1.53. The monoisotopic (exact) mass is 506 g/mol. The van der Waals surface area contributed by atoms with Crippen LogP contribution in [-0.4, -0.2) is 69.7 Å². The van der Waals surface area contributed by atoms with Crippen LogP contribution in [0.5, 0.6) is 23.0 Å². The van der Waals surface area contributed by atoms with Gasteiger partial charge < -0.3 is 39.4 Å². The van der Waals surface area contributed by atoms with Crippen LogP contribution in [0.15, 0.2) is 24.3 Å². The zero-order valence-corrected chi connectivity index (χ0v) is 19.9. The van der Waals surface area contributed by atoms with Crippen LogP contribution in [0.25, 0.3) is 0 Å². The van der Waals surface area contributed by atoms with Gasteiger partial charge in [0.05, 0.1) is 0 Å². The minimum Gasteiger partial charge on any atom is -0.508 e. The molecule has 2 atom stereocenters. The Kier molecular flexibility index (Phi) is 9.08. The van der Waals surface area contributed by atoms with E-state index in [0.29, 0.717) is 0 Å². The molecule has 12 nitrogen and oxygen atoms in total. The first-order valence-corrected chi connectivity index (χ1v) is 10.5. The zero-order chi connectivity index (χ0) is 27.2. The topological polar surface area (TPSA) is 186 Å². The van der Waals surface area contributed by atoms with Crippen molar-refractivity contribution in [1.29, 1.82) is 0 Å². The predicted octanol–water partition coefficient (Wildman–Crippen LogP) is 2.00. The summed E-state index contributed by atoms with van der Waals surface area (Å²) in [4.78, 5) is 48.6. The van der Waals surface area contributed by atoms with Gasteiger partial charge in [0, 0.05) is 26.0 Å². The van der Waals surface area contributed by atoms with E-state index in [1.165, 1.54) is 26.0 Å². The molecule has 0 fully saturated rings. The van der Waals surface area contributed by atoms with Gasteiger partial charge in [-0.1, -0.05) is 0 Å². The van der Waals surface area contributed by atoms with Crippen LogP contribution >= 0.6 is 0 Å². The lowest BCUT2D eigenvalue weighted by atomic mass is 10.1. The highest BCUT2D eigenvalue weighted by molar-refractivity contribution is 5.95. The normalized spacial score (nSPS) is 12.2. The second-order valence-corrected chi connectivity index (χ2v) is 7.81. The lowest BCUT2D eigenvalue weighted by molar-refractivity contribution is -0.154. The van der Waals surface area contributed by atoms with Crippen LogP contribution in [-0.2, 0) is 28.5 Å². The van der Waals surface area contributed by atoms with E-state index in [1.807, 2.05) is 0 Å². The number of aromatic hydroxyl groups is 4. The van der Waals surface area contributed by atoms with Gasteiger partial charge >= 0.3 is 23.9 Å². The minimum absolute atomic E-state index is 0.155. The number of hydrogen-bond acceptors (Lipinski definition) is 12. The molecule has 2 rings (SSSR count). The second kappa shape index (κ2) is 11.8. The molecule has 4 N–H and O–H groups in total. The summed E-state index contributed by atoms with van der Waals surface area (Å²) in [7, 11) is 0. The molecule has 0 radical (unpaired) electrons. The Morgan fingerprint density at radius 3 is 1.28 bits per heavy atom. The molecule has 0 amide bonds. The molecule has 2 aromatic carbocycles. The van der Waals surface area contributed by atoms with Crippen molar-refractivity contribution < 1.29 is 58.6 Å². The predicted molar refractivity (Wildman–Crippen MR) is 121 cm³/mol. The molecule has 0 heterocycles. The van der Waals surface area contributed by atoms with Gasteiger partial charge in [-0.15, -0.1) is 0 Å². The molecule has 0 saturated heterocycles. The van der Waals surface area contributed by atoms with Crippen LogP contribution in [0.1, 0.15) is 45.7 Å². The highest BCUT2D eigenvalue weighted by Gasteiger charge is 2.34. The summed E-state index contributed by atoms with van der Waals surface area (Å²) >= 11 is 0. The van der Waals surface area contributed by atoms with Gasteiger partial charge in [-0.25, -0.2) is 9.59 Å². The summed E-state index contributed by atoms with van der Waals surface area (Å²) in [6.07, 6.45) is -3.06.